The Kier molecular flexibility index (Phi) is 16.2. The summed E-state index contributed by atoms with van der Waals surface area (Å²) in [6, 6.07) is 17.0. The molecule has 2 heteroatoms. The van der Waals surface area contributed by atoms with E-state index in [1.54, 1.807) is 0 Å². The smallest absolute Gasteiger partial charge is 0.209 e. The molecule has 2 aromatic rings. The van der Waals surface area contributed by atoms with Gasteiger partial charge in [0, 0.05) is 29.7 Å². The zero-order valence-electron chi connectivity index (χ0n) is 24.9. The SMILES string of the molecule is CC1(C)C=Nc2ccccc21.CCC.CCC.CCCC.CCC[N+]1=CC(C)(C)c2ccccc21. The fourth-order valence-corrected chi connectivity index (χ4v) is 3.66. The maximum absolute atomic E-state index is 4.33. The van der Waals surface area contributed by atoms with Crippen LogP contribution in [0.15, 0.2) is 53.5 Å². The summed E-state index contributed by atoms with van der Waals surface area (Å²) >= 11 is 0. The molecule has 2 heterocycles. The number of hydrogen-bond donors (Lipinski definition) is 0. The van der Waals surface area contributed by atoms with Crippen molar-refractivity contribution in [3.63, 3.8) is 0 Å². The van der Waals surface area contributed by atoms with Gasteiger partial charge in [-0.05, 0) is 25.5 Å². The van der Waals surface area contributed by atoms with Gasteiger partial charge in [-0.15, -0.1) is 0 Å². The predicted octanol–water partition coefficient (Wildman–Crippen LogP) is 10.4. The second-order valence-electron chi connectivity index (χ2n) is 10.5. The zero-order valence-corrected chi connectivity index (χ0v) is 24.9. The average molecular weight is 480 g/mol. The monoisotopic (exact) mass is 479 g/mol. The van der Waals surface area contributed by atoms with Crippen molar-refractivity contribution in [2.24, 2.45) is 4.99 Å². The highest BCUT2D eigenvalue weighted by atomic mass is 15.0. The van der Waals surface area contributed by atoms with Gasteiger partial charge in [0.2, 0.25) is 5.69 Å². The zero-order chi connectivity index (χ0) is 26.9. The molecule has 0 saturated carbocycles. The van der Waals surface area contributed by atoms with E-state index < -0.39 is 0 Å². The molecule has 0 radical (unpaired) electrons. The summed E-state index contributed by atoms with van der Waals surface area (Å²) in [6.07, 6.45) is 10.7. The lowest BCUT2D eigenvalue weighted by Gasteiger charge is -2.14. The summed E-state index contributed by atoms with van der Waals surface area (Å²) in [7, 11) is 0. The van der Waals surface area contributed by atoms with Crippen LogP contribution in [0.25, 0.3) is 0 Å². The molecule has 0 N–H and O–H groups in total. The molecule has 2 nitrogen and oxygen atoms in total. The van der Waals surface area contributed by atoms with Crippen LogP contribution in [-0.2, 0) is 10.8 Å². The molecule has 0 aliphatic carbocycles. The third kappa shape index (κ3) is 10.9. The summed E-state index contributed by atoms with van der Waals surface area (Å²) in [6.45, 7) is 25.1. The summed E-state index contributed by atoms with van der Waals surface area (Å²) in [5.74, 6) is 0. The molecule has 0 fully saturated rings. The highest BCUT2D eigenvalue weighted by Crippen LogP contribution is 2.36. The first-order valence-electron chi connectivity index (χ1n) is 14.0. The van der Waals surface area contributed by atoms with Gasteiger partial charge in [0.05, 0.1) is 11.1 Å². The third-order valence-corrected chi connectivity index (χ3v) is 5.48. The Balaban J connectivity index is 0.000000488. The Bertz CT molecular complexity index is 883. The van der Waals surface area contributed by atoms with Crippen LogP contribution in [-0.4, -0.2) is 23.5 Å². The second kappa shape index (κ2) is 17.2. The average Bonchev–Trinajstić information content (AvgIpc) is 3.28. The molecule has 0 amide bonds. The Labute approximate surface area is 218 Å². The summed E-state index contributed by atoms with van der Waals surface area (Å²) < 4.78 is 2.38. The molecule has 2 aliphatic rings. The van der Waals surface area contributed by atoms with Gasteiger partial charge in [0.15, 0.2) is 6.21 Å². The van der Waals surface area contributed by atoms with E-state index in [0.29, 0.717) is 0 Å². The number of rotatable bonds is 3. The van der Waals surface area contributed by atoms with Gasteiger partial charge in [0.1, 0.15) is 6.54 Å². The van der Waals surface area contributed by atoms with Gasteiger partial charge < -0.3 is 0 Å². The Morgan fingerprint density at radius 2 is 1.11 bits per heavy atom. The minimum Gasteiger partial charge on any atom is -0.260 e. The summed E-state index contributed by atoms with van der Waals surface area (Å²) in [5, 5.41) is 0. The number of nitrogens with zero attached hydrogens (tertiary/aromatic N) is 2. The van der Waals surface area contributed by atoms with E-state index in [2.05, 4.69) is 134 Å². The fraction of sp³-hybridized carbons (Fsp3) is 0.576. The number of para-hydroxylation sites is 2. The Hall–Kier alpha value is -2.22. The maximum atomic E-state index is 4.33. The van der Waals surface area contributed by atoms with Crippen LogP contribution < -0.4 is 0 Å². The van der Waals surface area contributed by atoms with Gasteiger partial charge in [-0.25, -0.2) is 4.58 Å². The third-order valence-electron chi connectivity index (χ3n) is 5.48. The molecule has 0 bridgehead atoms. The van der Waals surface area contributed by atoms with Crippen molar-refractivity contribution in [2.75, 3.05) is 6.54 Å². The Morgan fingerprint density at radius 3 is 1.60 bits per heavy atom. The van der Waals surface area contributed by atoms with Crippen molar-refractivity contribution in [3.05, 3.63) is 59.7 Å². The molecule has 4 rings (SSSR count). The van der Waals surface area contributed by atoms with Gasteiger partial charge in [0.25, 0.3) is 0 Å². The fourth-order valence-electron chi connectivity index (χ4n) is 3.66. The number of benzene rings is 2. The van der Waals surface area contributed by atoms with Crippen molar-refractivity contribution in [1.29, 1.82) is 0 Å². The first-order chi connectivity index (χ1) is 16.6. The first kappa shape index (κ1) is 32.8. The predicted molar refractivity (Wildman–Crippen MR) is 161 cm³/mol. The molecule has 2 aromatic carbocycles. The minimum absolute atomic E-state index is 0.136. The second-order valence-corrected chi connectivity index (χ2v) is 10.5. The largest absolute Gasteiger partial charge is 0.260 e. The van der Waals surface area contributed by atoms with E-state index in [0.717, 1.165) is 12.2 Å². The molecule has 0 saturated heterocycles. The van der Waals surface area contributed by atoms with E-state index in [9.17, 15) is 0 Å². The van der Waals surface area contributed by atoms with Crippen molar-refractivity contribution in [1.82, 2.24) is 0 Å². The number of unbranched alkanes of at least 4 members (excludes halogenated alkanes) is 1. The molecule has 0 atom stereocenters. The summed E-state index contributed by atoms with van der Waals surface area (Å²) in [4.78, 5) is 4.33. The molecular weight excluding hydrogens is 424 g/mol. The number of fused-ring (bicyclic) bond motifs is 2. The standard InChI is InChI=1S/C13H18N.C10H11N.C4H10.2C3H8/c1-4-9-14-10-13(2,3)11-7-5-6-8-12(11)14;1-10(2)7-11-9-6-4-3-5-8(9)10;1-3-4-2;2*1-3-2/h5-8,10H,4,9H2,1-3H3;3-7H,1-2H3;3-4H2,1-2H3;2*3H2,1-2H3/q+1;;;;. The van der Waals surface area contributed by atoms with Crippen LogP contribution in [0, 0.1) is 0 Å². The van der Waals surface area contributed by atoms with Crippen molar-refractivity contribution >= 4 is 23.8 Å². The molecule has 0 aromatic heterocycles. The lowest BCUT2D eigenvalue weighted by Crippen LogP contribution is -2.16. The van der Waals surface area contributed by atoms with Crippen LogP contribution in [0.3, 0.4) is 0 Å². The molecule has 0 spiro atoms. The van der Waals surface area contributed by atoms with E-state index in [1.165, 1.54) is 48.9 Å². The molecular formula is C33H55N2+. The number of hydrogen-bond acceptors (Lipinski definition) is 1. The highest BCUT2D eigenvalue weighted by molar-refractivity contribution is 5.84. The van der Waals surface area contributed by atoms with Gasteiger partial charge >= 0.3 is 0 Å². The summed E-state index contributed by atoms with van der Waals surface area (Å²) in [5.41, 5.74) is 5.63. The van der Waals surface area contributed by atoms with Crippen molar-refractivity contribution in [3.8, 4) is 0 Å². The van der Waals surface area contributed by atoms with Crippen LogP contribution in [0.4, 0.5) is 11.4 Å². The lowest BCUT2D eigenvalue weighted by atomic mass is 9.87. The highest BCUT2D eigenvalue weighted by Gasteiger charge is 2.35. The van der Waals surface area contributed by atoms with E-state index in [4.69, 9.17) is 0 Å². The maximum Gasteiger partial charge on any atom is 0.209 e. The lowest BCUT2D eigenvalue weighted by molar-refractivity contribution is -0.433. The first-order valence-corrected chi connectivity index (χ1v) is 14.0. The van der Waals surface area contributed by atoms with E-state index >= 15 is 0 Å². The topological polar surface area (TPSA) is 15.4 Å². The van der Waals surface area contributed by atoms with E-state index in [1.807, 2.05) is 12.3 Å². The van der Waals surface area contributed by atoms with Gasteiger partial charge in [-0.2, -0.15) is 0 Å². The van der Waals surface area contributed by atoms with Crippen LogP contribution >= 0.6 is 0 Å². The number of aliphatic imine (C=N–C) groups is 1. The molecule has 2 aliphatic heterocycles. The van der Waals surface area contributed by atoms with Gasteiger partial charge in [-0.1, -0.05) is 124 Å². The van der Waals surface area contributed by atoms with Crippen LogP contribution in [0.5, 0.6) is 0 Å². The quantitative estimate of drug-likeness (QED) is 0.389. The molecule has 0 unspecified atom stereocenters. The molecule has 196 valence electrons. The van der Waals surface area contributed by atoms with Crippen LogP contribution in [0.1, 0.15) is 119 Å². The Morgan fingerprint density at radius 1 is 0.629 bits per heavy atom. The minimum atomic E-state index is 0.136. The van der Waals surface area contributed by atoms with Crippen molar-refractivity contribution in [2.45, 2.75) is 119 Å². The van der Waals surface area contributed by atoms with Gasteiger partial charge in [-0.3, -0.25) is 4.99 Å². The van der Waals surface area contributed by atoms with E-state index in [-0.39, 0.29) is 10.8 Å². The van der Waals surface area contributed by atoms with Crippen molar-refractivity contribution < 1.29 is 4.58 Å². The van der Waals surface area contributed by atoms with Crippen LogP contribution in [0.2, 0.25) is 0 Å². The normalized spacial score (nSPS) is 14.8. The molecule has 35 heavy (non-hydrogen) atoms.